The fourth-order valence-electron chi connectivity index (χ4n) is 5.98. The van der Waals surface area contributed by atoms with Crippen molar-refractivity contribution < 1.29 is 9.90 Å². The lowest BCUT2D eigenvalue weighted by Crippen LogP contribution is -2.58. The van der Waals surface area contributed by atoms with Crippen LogP contribution in [0.2, 0.25) is 0 Å². The highest BCUT2D eigenvalue weighted by atomic mass is 16.3. The lowest BCUT2D eigenvalue weighted by molar-refractivity contribution is 0.0837. The van der Waals surface area contributed by atoms with Crippen LogP contribution in [0.3, 0.4) is 0 Å². The molecular weight excluding hydrogens is 426 g/mol. The molecule has 1 fully saturated rings. The predicted octanol–water partition coefficient (Wildman–Crippen LogP) is 2.72. The number of rotatable bonds is 7. The molecular formula is C27H39N5O2. The first-order valence-electron chi connectivity index (χ1n) is 12.4. The molecule has 7 heteroatoms. The molecule has 1 saturated heterocycles. The molecule has 4 rings (SSSR count). The standard InChI is InChI=1S/C27H39N5O2/c1-26(2)13-19(14-27(3,4)31-26)11-22-12-24(30-18-29-22)25(34)28-15-23(33)17-32-10-9-20-7-5-6-8-21(20)16-32/h5-8,12,18-19,23,31,33H,9-11,13-17H2,1-4H3,(H,28,34)/t23-/m0/s1. The Morgan fingerprint density at radius 2 is 1.88 bits per heavy atom. The first kappa shape index (κ1) is 24.8. The molecule has 1 amide bonds. The van der Waals surface area contributed by atoms with Crippen LogP contribution in [0.5, 0.6) is 0 Å². The molecule has 184 valence electrons. The number of aliphatic hydroxyl groups excluding tert-OH is 1. The van der Waals surface area contributed by atoms with Crippen molar-refractivity contribution in [2.24, 2.45) is 5.92 Å². The molecule has 0 saturated carbocycles. The second-order valence-corrected chi connectivity index (χ2v) is 11.4. The van der Waals surface area contributed by atoms with E-state index in [-0.39, 0.29) is 23.5 Å². The summed E-state index contributed by atoms with van der Waals surface area (Å²) in [6, 6.07) is 10.2. The summed E-state index contributed by atoms with van der Waals surface area (Å²) in [7, 11) is 0. The van der Waals surface area contributed by atoms with Gasteiger partial charge in [0.05, 0.1) is 6.10 Å². The predicted molar refractivity (Wildman–Crippen MR) is 134 cm³/mol. The van der Waals surface area contributed by atoms with E-state index in [1.807, 2.05) is 0 Å². The van der Waals surface area contributed by atoms with E-state index in [0.29, 0.717) is 18.2 Å². The number of nitrogens with zero attached hydrogens (tertiary/aromatic N) is 3. The molecule has 1 atom stereocenters. The van der Waals surface area contributed by atoms with Crippen molar-refractivity contribution in [2.75, 3.05) is 19.6 Å². The van der Waals surface area contributed by atoms with Crippen molar-refractivity contribution in [1.82, 2.24) is 25.5 Å². The number of nitrogens with one attached hydrogen (secondary N) is 2. The smallest absolute Gasteiger partial charge is 0.270 e. The highest BCUT2D eigenvalue weighted by Gasteiger charge is 2.37. The van der Waals surface area contributed by atoms with Gasteiger partial charge in [-0.2, -0.15) is 0 Å². The van der Waals surface area contributed by atoms with Gasteiger partial charge in [-0.1, -0.05) is 24.3 Å². The van der Waals surface area contributed by atoms with Gasteiger partial charge in [0.2, 0.25) is 0 Å². The van der Waals surface area contributed by atoms with E-state index >= 15 is 0 Å². The molecule has 3 heterocycles. The van der Waals surface area contributed by atoms with Gasteiger partial charge in [-0.15, -0.1) is 0 Å². The lowest BCUT2D eigenvalue weighted by Gasteiger charge is -2.46. The van der Waals surface area contributed by atoms with Crippen LogP contribution in [0.4, 0.5) is 0 Å². The van der Waals surface area contributed by atoms with Crippen molar-refractivity contribution >= 4 is 5.91 Å². The molecule has 0 spiro atoms. The molecule has 2 aliphatic heterocycles. The zero-order chi connectivity index (χ0) is 24.3. The maximum atomic E-state index is 12.7. The molecule has 2 aliphatic rings. The summed E-state index contributed by atoms with van der Waals surface area (Å²) in [6.07, 6.45) is 4.79. The minimum absolute atomic E-state index is 0.0756. The van der Waals surface area contributed by atoms with E-state index in [1.165, 1.54) is 17.5 Å². The van der Waals surface area contributed by atoms with Gasteiger partial charge in [0.1, 0.15) is 12.0 Å². The topological polar surface area (TPSA) is 90.4 Å². The van der Waals surface area contributed by atoms with Gasteiger partial charge < -0.3 is 15.7 Å². The van der Waals surface area contributed by atoms with Crippen molar-refractivity contribution in [3.63, 3.8) is 0 Å². The van der Waals surface area contributed by atoms with Crippen LogP contribution >= 0.6 is 0 Å². The third kappa shape index (κ3) is 6.62. The number of piperidine rings is 1. The highest BCUT2D eigenvalue weighted by Crippen LogP contribution is 2.34. The maximum Gasteiger partial charge on any atom is 0.270 e. The third-order valence-electron chi connectivity index (χ3n) is 6.91. The van der Waals surface area contributed by atoms with Crippen LogP contribution in [-0.4, -0.2) is 62.7 Å². The average Bonchev–Trinajstić information content (AvgIpc) is 2.75. The van der Waals surface area contributed by atoms with Gasteiger partial charge in [-0.05, 0) is 76.5 Å². The Morgan fingerprint density at radius 3 is 2.62 bits per heavy atom. The molecule has 1 aromatic heterocycles. The fourth-order valence-corrected chi connectivity index (χ4v) is 5.98. The summed E-state index contributed by atoms with van der Waals surface area (Å²) in [4.78, 5) is 23.6. The average molecular weight is 466 g/mol. The number of benzene rings is 1. The number of carbonyl (C=O) groups is 1. The minimum atomic E-state index is -0.630. The highest BCUT2D eigenvalue weighted by molar-refractivity contribution is 5.92. The van der Waals surface area contributed by atoms with Gasteiger partial charge in [-0.25, -0.2) is 9.97 Å². The molecule has 0 bridgehead atoms. The van der Waals surface area contributed by atoms with Gasteiger partial charge in [0.15, 0.2) is 0 Å². The molecule has 0 unspecified atom stereocenters. The van der Waals surface area contributed by atoms with Gasteiger partial charge >= 0.3 is 0 Å². The largest absolute Gasteiger partial charge is 0.390 e. The third-order valence-corrected chi connectivity index (χ3v) is 6.91. The number of hydrogen-bond acceptors (Lipinski definition) is 6. The Labute approximate surface area is 203 Å². The SMILES string of the molecule is CC1(C)CC(Cc2cc(C(=O)NC[C@H](O)CN3CCc4ccccc4C3)ncn2)CC(C)(C)N1. The summed E-state index contributed by atoms with van der Waals surface area (Å²) in [5, 5.41) is 17.1. The van der Waals surface area contributed by atoms with Crippen molar-refractivity contribution in [1.29, 1.82) is 0 Å². The van der Waals surface area contributed by atoms with Gasteiger partial charge in [0, 0.05) is 43.0 Å². The van der Waals surface area contributed by atoms with Crippen molar-refractivity contribution in [2.45, 2.75) is 77.1 Å². The number of aromatic nitrogens is 2. The van der Waals surface area contributed by atoms with E-state index in [4.69, 9.17) is 0 Å². The van der Waals surface area contributed by atoms with Crippen LogP contribution in [0, 0.1) is 5.92 Å². The first-order valence-corrected chi connectivity index (χ1v) is 12.4. The van der Waals surface area contributed by atoms with Crippen LogP contribution < -0.4 is 10.6 Å². The molecule has 2 aromatic rings. The fraction of sp³-hybridized carbons (Fsp3) is 0.593. The maximum absolute atomic E-state index is 12.7. The molecule has 0 aliphatic carbocycles. The Bertz CT molecular complexity index is 990. The number of fused-ring (bicyclic) bond motifs is 1. The Morgan fingerprint density at radius 1 is 1.18 bits per heavy atom. The van der Waals surface area contributed by atoms with E-state index in [1.54, 1.807) is 6.07 Å². The van der Waals surface area contributed by atoms with Crippen molar-refractivity contribution in [3.8, 4) is 0 Å². The Balaban J connectivity index is 1.28. The number of carbonyl (C=O) groups excluding carboxylic acids is 1. The number of aliphatic hydroxyl groups is 1. The minimum Gasteiger partial charge on any atom is -0.390 e. The van der Waals surface area contributed by atoms with Crippen LogP contribution in [0.1, 0.15) is 67.8 Å². The molecule has 7 nitrogen and oxygen atoms in total. The second-order valence-electron chi connectivity index (χ2n) is 11.4. The lowest BCUT2D eigenvalue weighted by atomic mass is 9.74. The summed E-state index contributed by atoms with van der Waals surface area (Å²) in [5.41, 5.74) is 4.11. The van der Waals surface area contributed by atoms with Crippen LogP contribution in [0.15, 0.2) is 36.7 Å². The number of hydrogen-bond donors (Lipinski definition) is 3. The zero-order valence-electron chi connectivity index (χ0n) is 21.0. The molecule has 34 heavy (non-hydrogen) atoms. The van der Waals surface area contributed by atoms with Crippen LogP contribution in [0.25, 0.3) is 0 Å². The zero-order valence-corrected chi connectivity index (χ0v) is 21.0. The summed E-state index contributed by atoms with van der Waals surface area (Å²) in [6.45, 7) is 11.5. The molecule has 0 radical (unpaired) electrons. The Hall–Kier alpha value is -2.35. The van der Waals surface area contributed by atoms with Crippen LogP contribution in [-0.2, 0) is 19.4 Å². The van der Waals surface area contributed by atoms with Gasteiger partial charge in [-0.3, -0.25) is 9.69 Å². The normalized spacial score (nSPS) is 21.0. The summed E-state index contributed by atoms with van der Waals surface area (Å²) < 4.78 is 0. The number of amides is 1. The first-order chi connectivity index (χ1) is 16.1. The van der Waals surface area contributed by atoms with E-state index in [9.17, 15) is 9.90 Å². The monoisotopic (exact) mass is 465 g/mol. The van der Waals surface area contributed by atoms with E-state index < -0.39 is 6.10 Å². The second kappa shape index (κ2) is 10.1. The van der Waals surface area contributed by atoms with Gasteiger partial charge in [0.25, 0.3) is 5.91 Å². The molecule has 1 aromatic carbocycles. The summed E-state index contributed by atoms with van der Waals surface area (Å²) >= 11 is 0. The Kier molecular flexibility index (Phi) is 7.36. The summed E-state index contributed by atoms with van der Waals surface area (Å²) in [5.74, 6) is 0.228. The number of β-amino-alcohol motifs (C(OH)–C–C–N with tert-alkyl or cyclic N) is 1. The van der Waals surface area contributed by atoms with E-state index in [0.717, 1.165) is 44.5 Å². The molecule has 3 N–H and O–H groups in total. The van der Waals surface area contributed by atoms with Crippen molar-refractivity contribution in [3.05, 3.63) is 59.2 Å². The quantitative estimate of drug-likeness (QED) is 0.583. The van der Waals surface area contributed by atoms with E-state index in [2.05, 4.69) is 77.5 Å².